The van der Waals surface area contributed by atoms with Crippen LogP contribution in [-0.4, -0.2) is 6.79 Å². The first-order chi connectivity index (χ1) is 13.2. The van der Waals surface area contributed by atoms with Gasteiger partial charge in [-0.2, -0.15) is 0 Å². The molecule has 0 aliphatic carbocycles. The molecular weight excluding hydrogens is 352 g/mol. The van der Waals surface area contributed by atoms with Gasteiger partial charge in [-0.3, -0.25) is 0 Å². The van der Waals surface area contributed by atoms with Gasteiger partial charge in [0.05, 0.1) is 0 Å². The summed E-state index contributed by atoms with van der Waals surface area (Å²) in [6.07, 6.45) is 0. The number of halogens is 2. The maximum Gasteiger partial charge on any atom is 0.231 e. The first kappa shape index (κ1) is 17.3. The number of hydrogen-bond donors (Lipinski definition) is 1. The Balaban J connectivity index is 1.38. The van der Waals surface area contributed by atoms with Crippen LogP contribution in [-0.2, 0) is 13.1 Å². The summed E-state index contributed by atoms with van der Waals surface area (Å²) in [4.78, 5) is 0. The highest BCUT2D eigenvalue weighted by Crippen LogP contribution is 2.35. The summed E-state index contributed by atoms with van der Waals surface area (Å²) < 4.78 is 44.0. The smallest absolute Gasteiger partial charge is 0.231 e. The monoisotopic (exact) mass is 369 g/mol. The average Bonchev–Trinajstić information content (AvgIpc) is 3.15. The molecule has 1 N–H and O–H groups in total. The third-order valence-corrected chi connectivity index (χ3v) is 4.18. The number of ether oxygens (including phenoxy) is 3. The third-order valence-electron chi connectivity index (χ3n) is 4.18. The van der Waals surface area contributed by atoms with Crippen molar-refractivity contribution in [3.63, 3.8) is 0 Å². The highest BCUT2D eigenvalue weighted by Gasteiger charge is 2.16. The Hall–Kier alpha value is -3.12. The van der Waals surface area contributed by atoms with E-state index in [1.807, 2.05) is 18.2 Å². The zero-order valence-corrected chi connectivity index (χ0v) is 14.4. The van der Waals surface area contributed by atoms with Gasteiger partial charge in [-0.05, 0) is 35.9 Å². The number of nitrogens with one attached hydrogen (secondary N) is 1. The molecule has 1 aliphatic heterocycles. The summed E-state index contributed by atoms with van der Waals surface area (Å²) in [5.74, 6) is 0.358. The number of hydrogen-bond acceptors (Lipinski definition) is 4. The van der Waals surface area contributed by atoms with Gasteiger partial charge >= 0.3 is 0 Å². The van der Waals surface area contributed by atoms with Crippen molar-refractivity contribution < 1.29 is 23.0 Å². The molecule has 27 heavy (non-hydrogen) atoms. The van der Waals surface area contributed by atoms with E-state index in [1.165, 1.54) is 24.3 Å². The van der Waals surface area contributed by atoms with Gasteiger partial charge in [0.25, 0.3) is 0 Å². The summed E-state index contributed by atoms with van der Waals surface area (Å²) in [7, 11) is 0. The van der Waals surface area contributed by atoms with Crippen molar-refractivity contribution in [3.8, 4) is 23.0 Å². The van der Waals surface area contributed by atoms with E-state index in [0.29, 0.717) is 13.1 Å². The molecule has 0 saturated carbocycles. The van der Waals surface area contributed by atoms with Crippen molar-refractivity contribution in [1.29, 1.82) is 0 Å². The van der Waals surface area contributed by atoms with Crippen molar-refractivity contribution >= 4 is 0 Å². The summed E-state index contributed by atoms with van der Waals surface area (Å²) in [6.45, 7) is 1.24. The third kappa shape index (κ3) is 3.85. The van der Waals surface area contributed by atoms with Crippen LogP contribution in [0, 0.1) is 11.6 Å². The maximum atomic E-state index is 14.3. The van der Waals surface area contributed by atoms with E-state index in [4.69, 9.17) is 14.2 Å². The molecule has 0 bridgehead atoms. The van der Waals surface area contributed by atoms with E-state index in [9.17, 15) is 8.78 Å². The maximum absolute atomic E-state index is 14.3. The van der Waals surface area contributed by atoms with E-state index in [0.717, 1.165) is 22.6 Å². The number of benzene rings is 3. The quantitative estimate of drug-likeness (QED) is 0.679. The van der Waals surface area contributed by atoms with Crippen molar-refractivity contribution in [2.45, 2.75) is 13.1 Å². The lowest BCUT2D eigenvalue weighted by Crippen LogP contribution is -2.13. The molecule has 138 valence electrons. The molecule has 1 aliphatic rings. The minimum atomic E-state index is -0.546. The van der Waals surface area contributed by atoms with Gasteiger partial charge in [0.2, 0.25) is 6.79 Å². The summed E-state index contributed by atoms with van der Waals surface area (Å²) >= 11 is 0. The zero-order valence-electron chi connectivity index (χ0n) is 14.4. The molecule has 1 heterocycles. The molecule has 0 fully saturated rings. The standard InChI is InChI=1S/C21H17F2NO3/c22-16-5-1-2-6-18(16)27-19-9-8-14(10-17(19)23)11-24-12-15-4-3-7-20-21(15)26-13-25-20/h1-10,24H,11-13H2. The SMILES string of the molecule is Fc1ccccc1Oc1ccc(CNCc2cccc3c2OCO3)cc1F. The van der Waals surface area contributed by atoms with Crippen LogP contribution in [0.1, 0.15) is 11.1 Å². The van der Waals surface area contributed by atoms with Crippen LogP contribution < -0.4 is 19.5 Å². The molecular formula is C21H17F2NO3. The Morgan fingerprint density at radius 2 is 1.70 bits per heavy atom. The van der Waals surface area contributed by atoms with Gasteiger partial charge in [-0.15, -0.1) is 0 Å². The Kier molecular flexibility index (Phi) is 4.89. The fourth-order valence-corrected chi connectivity index (χ4v) is 2.85. The van der Waals surface area contributed by atoms with Crippen LogP contribution in [0.25, 0.3) is 0 Å². The van der Waals surface area contributed by atoms with Gasteiger partial charge in [-0.1, -0.05) is 30.3 Å². The molecule has 0 saturated heterocycles. The second-order valence-electron chi connectivity index (χ2n) is 6.05. The molecule has 0 amide bonds. The lowest BCUT2D eigenvalue weighted by atomic mass is 10.1. The molecule has 3 aromatic rings. The molecule has 0 unspecified atom stereocenters. The lowest BCUT2D eigenvalue weighted by Gasteiger charge is -2.10. The number of fused-ring (bicyclic) bond motifs is 1. The highest BCUT2D eigenvalue weighted by molar-refractivity contribution is 5.48. The van der Waals surface area contributed by atoms with Crippen LogP contribution in [0.2, 0.25) is 0 Å². The Morgan fingerprint density at radius 1 is 0.852 bits per heavy atom. The van der Waals surface area contributed by atoms with E-state index < -0.39 is 11.6 Å². The molecule has 4 rings (SSSR count). The predicted molar refractivity (Wildman–Crippen MR) is 96.0 cm³/mol. The minimum absolute atomic E-state index is 0.0116. The predicted octanol–water partition coefficient (Wildman–Crippen LogP) is 4.78. The summed E-state index contributed by atoms with van der Waals surface area (Å²) in [5, 5.41) is 3.25. The van der Waals surface area contributed by atoms with Gasteiger partial charge < -0.3 is 19.5 Å². The van der Waals surface area contributed by atoms with Gasteiger partial charge in [0.1, 0.15) is 0 Å². The second kappa shape index (κ2) is 7.63. The van der Waals surface area contributed by atoms with Crippen LogP contribution in [0.15, 0.2) is 60.7 Å². The summed E-state index contributed by atoms with van der Waals surface area (Å²) in [5.41, 5.74) is 1.73. The molecule has 0 radical (unpaired) electrons. The fourth-order valence-electron chi connectivity index (χ4n) is 2.85. The first-order valence-electron chi connectivity index (χ1n) is 8.50. The Labute approximate surface area is 155 Å². The van der Waals surface area contributed by atoms with Crippen molar-refractivity contribution in [2.75, 3.05) is 6.79 Å². The molecule has 0 aromatic heterocycles. The molecule has 4 nitrogen and oxygen atoms in total. The van der Waals surface area contributed by atoms with E-state index >= 15 is 0 Å². The van der Waals surface area contributed by atoms with Crippen LogP contribution >= 0.6 is 0 Å². The van der Waals surface area contributed by atoms with E-state index in [1.54, 1.807) is 18.2 Å². The Bertz CT molecular complexity index is 962. The normalized spacial score (nSPS) is 12.2. The largest absolute Gasteiger partial charge is 0.454 e. The number of rotatable bonds is 6. The number of para-hydroxylation sites is 2. The van der Waals surface area contributed by atoms with E-state index in [2.05, 4.69) is 5.32 Å². The topological polar surface area (TPSA) is 39.7 Å². The minimum Gasteiger partial charge on any atom is -0.454 e. The highest BCUT2D eigenvalue weighted by atomic mass is 19.1. The van der Waals surface area contributed by atoms with Crippen molar-refractivity contribution in [2.24, 2.45) is 0 Å². The molecule has 0 atom stereocenters. The zero-order chi connectivity index (χ0) is 18.6. The molecule has 3 aromatic carbocycles. The summed E-state index contributed by atoms with van der Waals surface area (Å²) in [6, 6.07) is 16.2. The van der Waals surface area contributed by atoms with Crippen LogP contribution in [0.3, 0.4) is 0 Å². The van der Waals surface area contributed by atoms with Crippen LogP contribution in [0.4, 0.5) is 8.78 Å². The van der Waals surface area contributed by atoms with Gasteiger partial charge in [0.15, 0.2) is 34.6 Å². The average molecular weight is 369 g/mol. The molecule has 6 heteroatoms. The lowest BCUT2D eigenvalue weighted by molar-refractivity contribution is 0.173. The Morgan fingerprint density at radius 3 is 2.56 bits per heavy atom. The first-order valence-corrected chi connectivity index (χ1v) is 8.50. The molecule has 0 spiro atoms. The van der Waals surface area contributed by atoms with E-state index in [-0.39, 0.29) is 18.3 Å². The second-order valence-corrected chi connectivity index (χ2v) is 6.05. The van der Waals surface area contributed by atoms with Gasteiger partial charge in [0, 0.05) is 18.7 Å². The van der Waals surface area contributed by atoms with Crippen molar-refractivity contribution in [3.05, 3.63) is 83.4 Å². The van der Waals surface area contributed by atoms with Gasteiger partial charge in [-0.25, -0.2) is 8.78 Å². The fraction of sp³-hybridized carbons (Fsp3) is 0.143. The van der Waals surface area contributed by atoms with Crippen LogP contribution in [0.5, 0.6) is 23.0 Å². The van der Waals surface area contributed by atoms with Crippen molar-refractivity contribution in [1.82, 2.24) is 5.32 Å².